The van der Waals surface area contributed by atoms with Crippen molar-refractivity contribution in [3.05, 3.63) is 64.5 Å². The molecule has 2 aromatic carbocycles. The molecule has 8 heteroatoms. The van der Waals surface area contributed by atoms with Gasteiger partial charge in [0.15, 0.2) is 5.69 Å². The lowest BCUT2D eigenvalue weighted by molar-refractivity contribution is 0.170. The zero-order valence-electron chi connectivity index (χ0n) is 20.6. The van der Waals surface area contributed by atoms with E-state index in [0.717, 1.165) is 55.5 Å². The van der Waals surface area contributed by atoms with Gasteiger partial charge in [0, 0.05) is 35.1 Å². The lowest BCUT2D eigenvalue weighted by Crippen LogP contribution is -2.43. The van der Waals surface area contributed by atoms with Crippen LogP contribution in [0.5, 0.6) is 0 Å². The third-order valence-electron chi connectivity index (χ3n) is 8.73. The molecule has 2 aliphatic heterocycles. The van der Waals surface area contributed by atoms with E-state index >= 15 is 0 Å². The number of anilines is 2. The van der Waals surface area contributed by atoms with Crippen molar-refractivity contribution in [2.75, 3.05) is 24.0 Å². The van der Waals surface area contributed by atoms with Crippen LogP contribution in [0.3, 0.4) is 0 Å². The monoisotopic (exact) mass is 486 g/mol. The number of benzene rings is 2. The van der Waals surface area contributed by atoms with Crippen molar-refractivity contribution in [3.8, 4) is 0 Å². The molecule has 3 fully saturated rings. The maximum atomic E-state index is 11.9. The molecule has 3 saturated carbocycles. The van der Waals surface area contributed by atoms with E-state index in [4.69, 9.17) is 21.8 Å². The van der Waals surface area contributed by atoms with Crippen LogP contribution in [-0.4, -0.2) is 38.5 Å². The maximum absolute atomic E-state index is 11.9. The van der Waals surface area contributed by atoms with Crippen molar-refractivity contribution in [1.29, 1.82) is 0 Å². The number of nitrogens with two attached hydrogens (primary N) is 1. The summed E-state index contributed by atoms with van der Waals surface area (Å²) in [6, 6.07) is 12.4. The van der Waals surface area contributed by atoms with Crippen molar-refractivity contribution in [1.82, 2.24) is 0 Å². The number of hydrogen-bond donors (Lipinski definition) is 1. The molecule has 2 heterocycles. The summed E-state index contributed by atoms with van der Waals surface area (Å²) < 4.78 is 9.74. The molecule has 7 rings (SSSR count). The van der Waals surface area contributed by atoms with E-state index in [-0.39, 0.29) is 23.8 Å². The first-order valence-electron chi connectivity index (χ1n) is 12.6. The van der Waals surface area contributed by atoms with Crippen LogP contribution in [0.2, 0.25) is 0 Å². The molecule has 0 spiro atoms. The van der Waals surface area contributed by atoms with Gasteiger partial charge in [-0.1, -0.05) is 24.3 Å². The van der Waals surface area contributed by atoms with Crippen LogP contribution >= 0.6 is 0 Å². The van der Waals surface area contributed by atoms with Crippen molar-refractivity contribution >= 4 is 29.2 Å². The average Bonchev–Trinajstić information content (AvgIpc) is 3.51. The topological polar surface area (TPSA) is 89.5 Å². The summed E-state index contributed by atoms with van der Waals surface area (Å²) >= 11 is 0. The molecule has 186 valence electrons. The molecular weight excluding hydrogens is 456 g/mol. The van der Waals surface area contributed by atoms with E-state index in [1.807, 2.05) is 23.1 Å². The number of amides is 2. The Labute approximate surface area is 210 Å². The Kier molecular flexibility index (Phi) is 5.23. The van der Waals surface area contributed by atoms with Gasteiger partial charge in [-0.2, -0.15) is 0 Å². The van der Waals surface area contributed by atoms with Crippen LogP contribution in [0.25, 0.3) is 4.85 Å². The number of carbonyl (C=O) groups is 2. The Morgan fingerprint density at radius 3 is 1.86 bits per heavy atom. The van der Waals surface area contributed by atoms with E-state index in [0.29, 0.717) is 23.6 Å². The second kappa shape index (κ2) is 8.24. The first kappa shape index (κ1) is 22.9. The van der Waals surface area contributed by atoms with Gasteiger partial charge in [-0.3, -0.25) is 9.80 Å². The van der Waals surface area contributed by atoms with Crippen LogP contribution in [0.4, 0.5) is 26.7 Å². The summed E-state index contributed by atoms with van der Waals surface area (Å²) in [5.74, 6) is 0.877. The zero-order valence-corrected chi connectivity index (χ0v) is 20.6. The van der Waals surface area contributed by atoms with Gasteiger partial charge in [0.25, 0.3) is 0 Å². The first-order valence-corrected chi connectivity index (χ1v) is 12.6. The molecular formula is C28H30N4O4. The number of carbonyl (C=O) groups excluding carboxylic acids is 2. The highest BCUT2D eigenvalue weighted by atomic mass is 16.5. The number of rotatable bonds is 1. The minimum Gasteiger partial charge on any atom is -0.452 e. The van der Waals surface area contributed by atoms with E-state index in [9.17, 15) is 9.59 Å². The Morgan fingerprint density at radius 1 is 0.889 bits per heavy atom. The third-order valence-corrected chi connectivity index (χ3v) is 8.73. The van der Waals surface area contributed by atoms with Crippen LogP contribution < -0.4 is 15.5 Å². The van der Waals surface area contributed by atoms with Crippen molar-refractivity contribution in [2.24, 2.45) is 5.73 Å². The van der Waals surface area contributed by atoms with Crippen molar-refractivity contribution in [3.63, 3.8) is 0 Å². The first-order chi connectivity index (χ1) is 17.4. The van der Waals surface area contributed by atoms with E-state index in [1.54, 1.807) is 11.0 Å². The standard InChI is InChI=1S/C15H18N2O2.C13H12N2O2/c1-19-14(18)17-12-5-3-10(12)11-8-9(2-4-13(11)17)15(16)6-7-15;1-14-8-3-5-12-10(7-8)9-4-6-11(9)15(12)13(16)17-2/h2,4,8,10,12H,3,5-7,16H2,1H3;3,5,7,9,11H,4,6H2,2H3. The summed E-state index contributed by atoms with van der Waals surface area (Å²) in [6.45, 7) is 7.03. The second-order valence-electron chi connectivity index (χ2n) is 10.5. The minimum absolute atomic E-state index is 0.104. The number of methoxy groups -OCH3 is 2. The van der Waals surface area contributed by atoms with Crippen LogP contribution in [-0.2, 0) is 15.0 Å². The van der Waals surface area contributed by atoms with Gasteiger partial charge in [0.05, 0.1) is 26.5 Å². The Morgan fingerprint density at radius 2 is 1.42 bits per heavy atom. The number of fused-ring (bicyclic) bond motifs is 6. The second-order valence-corrected chi connectivity index (χ2v) is 10.5. The van der Waals surface area contributed by atoms with Crippen LogP contribution in [0, 0.1) is 6.57 Å². The molecule has 5 aliphatic rings. The third kappa shape index (κ3) is 3.30. The summed E-state index contributed by atoms with van der Waals surface area (Å²) in [4.78, 5) is 30.7. The molecule has 2 aromatic rings. The van der Waals surface area contributed by atoms with E-state index in [2.05, 4.69) is 17.0 Å². The lowest BCUT2D eigenvalue weighted by Gasteiger charge is -2.35. The molecule has 0 aromatic heterocycles. The SMILES string of the molecule is COC(=O)N1c2ccc(C3(N)CC3)cc2C2CCC21.[C-]#[N+]c1ccc2c(c1)C1CCC1N2C(=O)OC. The molecule has 0 bridgehead atoms. The molecule has 3 aliphatic carbocycles. The largest absolute Gasteiger partial charge is 0.452 e. The fourth-order valence-corrected chi connectivity index (χ4v) is 6.26. The number of ether oxygens (including phenoxy) is 2. The Hall–Kier alpha value is -3.57. The predicted molar refractivity (Wildman–Crippen MR) is 136 cm³/mol. The molecule has 8 nitrogen and oxygen atoms in total. The predicted octanol–water partition coefficient (Wildman–Crippen LogP) is 5.54. The van der Waals surface area contributed by atoms with Gasteiger partial charge >= 0.3 is 12.2 Å². The molecule has 36 heavy (non-hydrogen) atoms. The minimum atomic E-state index is -0.297. The fourth-order valence-electron chi connectivity index (χ4n) is 6.26. The van der Waals surface area contributed by atoms with E-state index in [1.165, 1.54) is 25.3 Å². The summed E-state index contributed by atoms with van der Waals surface area (Å²) in [7, 11) is 2.85. The normalized spacial score (nSPS) is 26.9. The zero-order chi connectivity index (χ0) is 25.2. The molecule has 2 amide bonds. The quantitative estimate of drug-likeness (QED) is 0.535. The lowest BCUT2D eigenvalue weighted by atomic mass is 9.77. The molecule has 0 radical (unpaired) electrons. The summed E-state index contributed by atoms with van der Waals surface area (Å²) in [5.41, 5.74) is 12.4. The van der Waals surface area contributed by atoms with E-state index < -0.39 is 0 Å². The average molecular weight is 487 g/mol. The van der Waals surface area contributed by atoms with Gasteiger partial charge in [0.2, 0.25) is 0 Å². The number of hydrogen-bond acceptors (Lipinski definition) is 5. The highest BCUT2D eigenvalue weighted by molar-refractivity contribution is 5.93. The molecule has 0 saturated heterocycles. The molecule has 2 N–H and O–H groups in total. The highest BCUT2D eigenvalue weighted by Gasteiger charge is 2.49. The van der Waals surface area contributed by atoms with Gasteiger partial charge in [0.1, 0.15) is 0 Å². The molecule has 4 unspecified atom stereocenters. The fraction of sp³-hybridized carbons (Fsp3) is 0.464. The van der Waals surface area contributed by atoms with Crippen LogP contribution in [0.1, 0.15) is 67.1 Å². The van der Waals surface area contributed by atoms with Gasteiger partial charge in [-0.15, -0.1) is 0 Å². The highest BCUT2D eigenvalue weighted by Crippen LogP contribution is 2.54. The molecule has 4 atom stereocenters. The van der Waals surface area contributed by atoms with Gasteiger partial charge in [-0.25, -0.2) is 14.4 Å². The summed E-state index contributed by atoms with van der Waals surface area (Å²) in [5, 5.41) is 0. The van der Waals surface area contributed by atoms with Gasteiger partial charge < -0.3 is 15.2 Å². The summed E-state index contributed by atoms with van der Waals surface area (Å²) in [6.07, 6.45) is 5.93. The Bertz CT molecular complexity index is 1300. The Balaban J connectivity index is 0.000000134. The van der Waals surface area contributed by atoms with Crippen LogP contribution in [0.15, 0.2) is 36.4 Å². The smallest absolute Gasteiger partial charge is 0.414 e. The van der Waals surface area contributed by atoms with Crippen molar-refractivity contribution in [2.45, 2.75) is 68.0 Å². The van der Waals surface area contributed by atoms with Gasteiger partial charge in [-0.05, 0) is 67.3 Å². The maximum Gasteiger partial charge on any atom is 0.414 e. The van der Waals surface area contributed by atoms with Crippen molar-refractivity contribution < 1.29 is 19.1 Å². The number of nitrogens with zero attached hydrogens (tertiary/aromatic N) is 3.